The van der Waals surface area contributed by atoms with Crippen molar-refractivity contribution in [1.82, 2.24) is 4.31 Å². The van der Waals surface area contributed by atoms with Crippen LogP contribution < -0.4 is 5.73 Å². The minimum absolute atomic E-state index is 0.0123. The Balaban J connectivity index is 2.37. The summed E-state index contributed by atoms with van der Waals surface area (Å²) in [5.41, 5.74) is 6.73. The molecule has 182 valence electrons. The van der Waals surface area contributed by atoms with Gasteiger partial charge in [0, 0.05) is 31.3 Å². The second kappa shape index (κ2) is 11.3. The number of nitrogens with zero attached hydrogens (tertiary/aromatic N) is 2. The molecule has 0 aromatic heterocycles. The van der Waals surface area contributed by atoms with E-state index in [9.17, 15) is 32.9 Å². The van der Waals surface area contributed by atoms with Crippen LogP contribution in [0.15, 0.2) is 59.5 Å². The van der Waals surface area contributed by atoms with E-state index in [4.69, 9.17) is 10.3 Å². The molecule has 4 N–H and O–H groups in total. The van der Waals surface area contributed by atoms with Crippen LogP contribution in [-0.2, 0) is 25.5 Å². The first-order chi connectivity index (χ1) is 15.3. The fourth-order valence-electron chi connectivity index (χ4n) is 3.21. The Hall–Kier alpha value is -2.18. The monoisotopic (exact) mass is 501 g/mol. The number of benzene rings is 2. The number of nitro benzene ring substituents is 1. The largest absolute Gasteiger partial charge is 0.469 e. The summed E-state index contributed by atoms with van der Waals surface area (Å²) in [5, 5.41) is 10.9. The van der Waals surface area contributed by atoms with Crippen molar-refractivity contribution in [2.45, 2.75) is 37.3 Å². The van der Waals surface area contributed by atoms with Gasteiger partial charge in [0.15, 0.2) is 0 Å². The number of nitrogens with two attached hydrogens (primary N) is 1. The molecule has 0 amide bonds. The summed E-state index contributed by atoms with van der Waals surface area (Å²) in [5.74, 6) is -0.140. The Bertz CT molecular complexity index is 1070. The fraction of sp³-hybridized carbons (Fsp3) is 0.400. The Labute approximate surface area is 192 Å². The van der Waals surface area contributed by atoms with Crippen LogP contribution in [0.3, 0.4) is 0 Å². The normalized spacial score (nSPS) is 14.4. The topological polar surface area (TPSA) is 173 Å². The van der Waals surface area contributed by atoms with Crippen molar-refractivity contribution in [3.8, 4) is 0 Å². The average Bonchev–Trinajstić information content (AvgIpc) is 2.72. The summed E-state index contributed by atoms with van der Waals surface area (Å²) in [7, 11) is -9.16. The molecule has 2 atom stereocenters. The van der Waals surface area contributed by atoms with E-state index in [0.717, 1.165) is 34.1 Å². The summed E-state index contributed by atoms with van der Waals surface area (Å²) >= 11 is 0. The summed E-state index contributed by atoms with van der Waals surface area (Å²) in [6, 6.07) is 12.4. The fourth-order valence-corrected chi connectivity index (χ4v) is 5.40. The van der Waals surface area contributed by atoms with Gasteiger partial charge >= 0.3 is 7.82 Å². The Morgan fingerprint density at radius 3 is 2.15 bits per heavy atom. The molecule has 0 aliphatic carbocycles. The molecule has 2 aromatic rings. The molecule has 2 rings (SSSR count). The SMILES string of the molecule is CC(C)CN(C[C@@H](OP(=O)(O)O)[C@@H](N)Cc1ccccc1)S(=O)(=O)c1ccc([N+](=O)[O-])cc1. The van der Waals surface area contributed by atoms with Crippen LogP contribution >= 0.6 is 7.82 Å². The summed E-state index contributed by atoms with van der Waals surface area (Å²) in [4.78, 5) is 28.9. The summed E-state index contributed by atoms with van der Waals surface area (Å²) in [6.45, 7) is 3.15. The molecule has 13 heteroatoms. The third-order valence-electron chi connectivity index (χ3n) is 4.70. The second-order valence-electron chi connectivity index (χ2n) is 7.95. The van der Waals surface area contributed by atoms with E-state index < -0.39 is 41.5 Å². The first-order valence-electron chi connectivity index (χ1n) is 10.1. The van der Waals surface area contributed by atoms with Crippen LogP contribution in [0.4, 0.5) is 5.69 Å². The Morgan fingerprint density at radius 2 is 1.67 bits per heavy atom. The molecule has 0 saturated heterocycles. The van der Waals surface area contributed by atoms with Crippen molar-refractivity contribution in [3.63, 3.8) is 0 Å². The standard InChI is InChI=1S/C20H28N3O8PS/c1-15(2)13-22(33(29,30)18-10-8-17(9-11-18)23(24)25)14-20(31-32(26,27)28)19(21)12-16-6-4-3-5-7-16/h3-11,15,19-20H,12-14,21H2,1-2H3,(H2,26,27,28)/t19-,20+/m0/s1. The lowest BCUT2D eigenvalue weighted by atomic mass is 10.0. The van der Waals surface area contributed by atoms with Gasteiger partial charge < -0.3 is 15.5 Å². The van der Waals surface area contributed by atoms with Gasteiger partial charge in [-0.3, -0.25) is 14.6 Å². The van der Waals surface area contributed by atoms with Gasteiger partial charge in [-0.15, -0.1) is 0 Å². The molecule has 0 saturated carbocycles. The maximum atomic E-state index is 13.3. The quantitative estimate of drug-likeness (QED) is 0.224. The molecule has 0 unspecified atom stereocenters. The van der Waals surface area contributed by atoms with E-state index in [0.29, 0.717) is 0 Å². The smallest absolute Gasteiger partial charge is 0.325 e. The Morgan fingerprint density at radius 1 is 1.09 bits per heavy atom. The number of phosphoric ester groups is 1. The molecule has 0 aliphatic heterocycles. The highest BCUT2D eigenvalue weighted by atomic mass is 32.2. The molecule has 0 spiro atoms. The number of rotatable bonds is 12. The summed E-state index contributed by atoms with van der Waals surface area (Å²) in [6.07, 6.45) is -1.13. The van der Waals surface area contributed by atoms with Crippen LogP contribution in [0.5, 0.6) is 0 Å². The molecule has 0 heterocycles. The summed E-state index contributed by atoms with van der Waals surface area (Å²) < 4.78 is 44.1. The first kappa shape index (κ1) is 27.1. The van der Waals surface area contributed by atoms with Crippen LogP contribution in [0, 0.1) is 16.0 Å². The van der Waals surface area contributed by atoms with E-state index in [2.05, 4.69) is 0 Å². The minimum atomic E-state index is -4.99. The zero-order valence-corrected chi connectivity index (χ0v) is 19.9. The molecular weight excluding hydrogens is 473 g/mol. The highest BCUT2D eigenvalue weighted by Gasteiger charge is 2.34. The van der Waals surface area contributed by atoms with E-state index in [1.165, 1.54) is 0 Å². The van der Waals surface area contributed by atoms with Crippen molar-refractivity contribution in [2.75, 3.05) is 13.1 Å². The van der Waals surface area contributed by atoms with Gasteiger partial charge in [0.1, 0.15) is 0 Å². The van der Waals surface area contributed by atoms with Gasteiger partial charge in [-0.05, 0) is 30.0 Å². The van der Waals surface area contributed by atoms with Gasteiger partial charge in [0.05, 0.1) is 15.9 Å². The van der Waals surface area contributed by atoms with Gasteiger partial charge in [-0.25, -0.2) is 13.0 Å². The van der Waals surface area contributed by atoms with Gasteiger partial charge in [-0.1, -0.05) is 44.2 Å². The Kier molecular flexibility index (Phi) is 9.27. The maximum Gasteiger partial charge on any atom is 0.469 e. The van der Waals surface area contributed by atoms with Crippen molar-refractivity contribution < 1.29 is 32.2 Å². The van der Waals surface area contributed by atoms with Crippen molar-refractivity contribution >= 4 is 23.5 Å². The van der Waals surface area contributed by atoms with Crippen LogP contribution in [-0.4, -0.2) is 52.7 Å². The van der Waals surface area contributed by atoms with Crippen molar-refractivity contribution in [3.05, 3.63) is 70.3 Å². The predicted molar refractivity (Wildman–Crippen MR) is 122 cm³/mol. The minimum Gasteiger partial charge on any atom is -0.325 e. The van der Waals surface area contributed by atoms with Crippen molar-refractivity contribution in [2.24, 2.45) is 11.7 Å². The molecule has 2 aromatic carbocycles. The van der Waals surface area contributed by atoms with E-state index in [1.807, 2.05) is 0 Å². The number of nitro groups is 1. The van der Waals surface area contributed by atoms with Crippen molar-refractivity contribution in [1.29, 1.82) is 0 Å². The lowest BCUT2D eigenvalue weighted by molar-refractivity contribution is -0.384. The number of non-ortho nitro benzene ring substituents is 1. The second-order valence-corrected chi connectivity index (χ2v) is 11.1. The van der Waals surface area contributed by atoms with Crippen LogP contribution in [0.1, 0.15) is 19.4 Å². The molecule has 0 radical (unpaired) electrons. The third kappa shape index (κ3) is 8.27. The lowest BCUT2D eigenvalue weighted by Gasteiger charge is -2.31. The van der Waals surface area contributed by atoms with Gasteiger partial charge in [-0.2, -0.15) is 4.31 Å². The first-order valence-corrected chi connectivity index (χ1v) is 13.0. The molecule has 0 aliphatic rings. The van der Waals surface area contributed by atoms with E-state index >= 15 is 0 Å². The zero-order chi connectivity index (χ0) is 24.8. The highest BCUT2D eigenvalue weighted by molar-refractivity contribution is 7.89. The predicted octanol–water partition coefficient (Wildman–Crippen LogP) is 2.29. The van der Waals surface area contributed by atoms with Gasteiger partial charge in [0.2, 0.25) is 10.0 Å². The van der Waals surface area contributed by atoms with Crippen LogP contribution in [0.25, 0.3) is 0 Å². The van der Waals surface area contributed by atoms with Crippen LogP contribution in [0.2, 0.25) is 0 Å². The molecule has 0 fully saturated rings. The van der Waals surface area contributed by atoms with E-state index in [1.54, 1.807) is 44.2 Å². The average molecular weight is 501 g/mol. The highest BCUT2D eigenvalue weighted by Crippen LogP contribution is 2.39. The molecule has 11 nitrogen and oxygen atoms in total. The molecular formula is C20H28N3O8PS. The maximum absolute atomic E-state index is 13.3. The molecule has 33 heavy (non-hydrogen) atoms. The molecule has 0 bridgehead atoms. The third-order valence-corrected chi connectivity index (χ3v) is 7.09. The van der Waals surface area contributed by atoms with E-state index in [-0.39, 0.29) is 29.5 Å². The zero-order valence-electron chi connectivity index (χ0n) is 18.2. The number of sulfonamides is 1. The number of phosphoric acid groups is 1. The number of hydrogen-bond donors (Lipinski definition) is 3. The lowest BCUT2D eigenvalue weighted by Crippen LogP contribution is -2.48. The number of hydrogen-bond acceptors (Lipinski definition) is 7. The van der Waals surface area contributed by atoms with Gasteiger partial charge in [0.25, 0.3) is 5.69 Å².